The Morgan fingerprint density at radius 1 is 1.29 bits per heavy atom. The number of fused-ring (bicyclic) bond motifs is 1. The number of hydrogen-bond donors (Lipinski definition) is 1. The van der Waals surface area contributed by atoms with Gasteiger partial charge >= 0.3 is 0 Å². The molecular formula is C15H16BrNO2S2. The largest absolute Gasteiger partial charge is 0.241 e. The number of nitrogens with one attached hydrogen (secondary N) is 1. The Morgan fingerprint density at radius 3 is 2.67 bits per heavy atom. The Labute approximate surface area is 137 Å². The van der Waals surface area contributed by atoms with Crippen molar-refractivity contribution in [2.45, 2.75) is 37.1 Å². The standard InChI is InChI=1S/C15H16BrNO2S2/c1-10-14(9-15(16)20-10)21(18,19)17-13-7-6-11-4-2-3-5-12(11)8-13/h2-5,9,13,17H,6-8H2,1H3. The van der Waals surface area contributed by atoms with Gasteiger partial charge in [-0.15, -0.1) is 11.3 Å². The third-order valence-electron chi connectivity index (χ3n) is 3.80. The molecule has 1 unspecified atom stereocenters. The number of benzene rings is 1. The van der Waals surface area contributed by atoms with Crippen molar-refractivity contribution in [3.05, 3.63) is 50.1 Å². The van der Waals surface area contributed by atoms with E-state index in [4.69, 9.17) is 0 Å². The Hall–Kier alpha value is -0.690. The van der Waals surface area contributed by atoms with Gasteiger partial charge in [-0.05, 0) is 59.3 Å². The molecule has 1 aromatic carbocycles. The van der Waals surface area contributed by atoms with E-state index in [1.165, 1.54) is 22.5 Å². The van der Waals surface area contributed by atoms with Crippen LogP contribution in [-0.4, -0.2) is 14.5 Å². The van der Waals surface area contributed by atoms with Gasteiger partial charge in [0.05, 0.1) is 8.68 Å². The van der Waals surface area contributed by atoms with Crippen LogP contribution in [0, 0.1) is 6.92 Å². The van der Waals surface area contributed by atoms with Crippen molar-refractivity contribution in [3.63, 3.8) is 0 Å². The van der Waals surface area contributed by atoms with Crippen LogP contribution in [0.25, 0.3) is 0 Å². The lowest BCUT2D eigenvalue weighted by atomic mass is 9.89. The van der Waals surface area contributed by atoms with Crippen LogP contribution in [0.15, 0.2) is 39.0 Å². The molecule has 0 radical (unpaired) electrons. The maximum atomic E-state index is 12.5. The Balaban J connectivity index is 1.80. The van der Waals surface area contributed by atoms with Crippen molar-refractivity contribution >= 4 is 37.3 Å². The fourth-order valence-corrected chi connectivity index (χ4v) is 6.46. The lowest BCUT2D eigenvalue weighted by Crippen LogP contribution is -2.38. The van der Waals surface area contributed by atoms with Gasteiger partial charge in [0.15, 0.2) is 0 Å². The van der Waals surface area contributed by atoms with Crippen LogP contribution in [0.3, 0.4) is 0 Å². The summed E-state index contributed by atoms with van der Waals surface area (Å²) >= 11 is 4.79. The van der Waals surface area contributed by atoms with Crippen molar-refractivity contribution in [2.75, 3.05) is 0 Å². The molecule has 3 nitrogen and oxygen atoms in total. The Morgan fingerprint density at radius 2 is 2.00 bits per heavy atom. The molecule has 1 aliphatic carbocycles. The summed E-state index contributed by atoms with van der Waals surface area (Å²) in [4.78, 5) is 1.20. The number of halogens is 1. The first-order chi connectivity index (χ1) is 9.95. The molecule has 21 heavy (non-hydrogen) atoms. The van der Waals surface area contributed by atoms with E-state index in [9.17, 15) is 8.42 Å². The molecule has 1 aromatic heterocycles. The minimum absolute atomic E-state index is 0.0250. The molecule has 0 fully saturated rings. The molecule has 0 bridgehead atoms. The van der Waals surface area contributed by atoms with Crippen molar-refractivity contribution in [3.8, 4) is 0 Å². The molecule has 0 spiro atoms. The number of thiophene rings is 1. The van der Waals surface area contributed by atoms with Gasteiger partial charge in [0.2, 0.25) is 10.0 Å². The molecule has 1 aliphatic rings. The maximum absolute atomic E-state index is 12.5. The molecule has 0 aliphatic heterocycles. The minimum Gasteiger partial charge on any atom is -0.208 e. The highest BCUT2D eigenvalue weighted by Crippen LogP contribution is 2.30. The summed E-state index contributed by atoms with van der Waals surface area (Å²) in [5.41, 5.74) is 2.59. The van der Waals surface area contributed by atoms with Crippen LogP contribution < -0.4 is 4.72 Å². The normalized spacial score (nSPS) is 18.5. The summed E-state index contributed by atoms with van der Waals surface area (Å²) in [6.45, 7) is 1.83. The van der Waals surface area contributed by atoms with Crippen molar-refractivity contribution in [2.24, 2.45) is 0 Å². The average Bonchev–Trinajstić information content (AvgIpc) is 2.78. The highest BCUT2D eigenvalue weighted by Gasteiger charge is 2.26. The molecule has 1 N–H and O–H groups in total. The van der Waals surface area contributed by atoms with E-state index >= 15 is 0 Å². The molecule has 112 valence electrons. The number of sulfonamides is 1. The van der Waals surface area contributed by atoms with Crippen molar-refractivity contribution in [1.82, 2.24) is 4.72 Å². The van der Waals surface area contributed by atoms with E-state index in [1.807, 2.05) is 19.1 Å². The summed E-state index contributed by atoms with van der Waals surface area (Å²) in [6.07, 6.45) is 2.54. The smallest absolute Gasteiger partial charge is 0.208 e. The molecule has 3 rings (SSSR count). The summed E-state index contributed by atoms with van der Waals surface area (Å²) in [7, 11) is -3.44. The number of rotatable bonds is 3. The van der Waals surface area contributed by atoms with Crippen molar-refractivity contribution in [1.29, 1.82) is 0 Å². The van der Waals surface area contributed by atoms with Crippen LogP contribution >= 0.6 is 27.3 Å². The number of hydrogen-bond acceptors (Lipinski definition) is 3. The quantitative estimate of drug-likeness (QED) is 0.875. The van der Waals surface area contributed by atoms with Gasteiger partial charge in [-0.1, -0.05) is 24.3 Å². The third-order valence-corrected chi connectivity index (χ3v) is 7.13. The zero-order valence-electron chi connectivity index (χ0n) is 11.6. The molecule has 0 amide bonds. The van der Waals surface area contributed by atoms with Gasteiger partial charge in [-0.2, -0.15) is 0 Å². The fourth-order valence-electron chi connectivity index (χ4n) is 2.78. The van der Waals surface area contributed by atoms with E-state index in [0.29, 0.717) is 4.90 Å². The number of aryl methyl sites for hydroxylation is 2. The maximum Gasteiger partial charge on any atom is 0.241 e. The van der Waals surface area contributed by atoms with Crippen molar-refractivity contribution < 1.29 is 8.42 Å². The van der Waals surface area contributed by atoms with Crippen LogP contribution in [-0.2, 0) is 22.9 Å². The first-order valence-electron chi connectivity index (χ1n) is 6.81. The second-order valence-electron chi connectivity index (χ2n) is 5.30. The Kier molecular flexibility index (Phi) is 4.23. The monoisotopic (exact) mass is 385 g/mol. The molecule has 6 heteroatoms. The van der Waals surface area contributed by atoms with Crippen LogP contribution in [0.1, 0.15) is 22.4 Å². The zero-order valence-corrected chi connectivity index (χ0v) is 14.8. The van der Waals surface area contributed by atoms with Crippen LogP contribution in [0.2, 0.25) is 0 Å². The summed E-state index contributed by atoms with van der Waals surface area (Å²) in [5.74, 6) is 0. The van der Waals surface area contributed by atoms with Gasteiger partial charge in [-0.25, -0.2) is 13.1 Å². The van der Waals surface area contributed by atoms with E-state index < -0.39 is 10.0 Å². The highest BCUT2D eigenvalue weighted by molar-refractivity contribution is 9.11. The van der Waals surface area contributed by atoms with Gasteiger partial charge < -0.3 is 0 Å². The van der Waals surface area contributed by atoms with E-state index in [-0.39, 0.29) is 6.04 Å². The predicted octanol–water partition coefficient (Wildman–Crippen LogP) is 3.65. The van der Waals surface area contributed by atoms with Crippen LogP contribution in [0.5, 0.6) is 0 Å². The molecule has 1 heterocycles. The molecule has 0 saturated carbocycles. The van der Waals surface area contributed by atoms with Gasteiger partial charge in [0, 0.05) is 10.9 Å². The molecular weight excluding hydrogens is 370 g/mol. The minimum atomic E-state index is -3.44. The zero-order chi connectivity index (χ0) is 15.0. The van der Waals surface area contributed by atoms with E-state index in [1.54, 1.807) is 6.07 Å². The topological polar surface area (TPSA) is 46.2 Å². The first-order valence-corrected chi connectivity index (χ1v) is 9.90. The summed E-state index contributed by atoms with van der Waals surface area (Å²) in [5, 5.41) is 0. The highest BCUT2D eigenvalue weighted by atomic mass is 79.9. The van der Waals surface area contributed by atoms with Gasteiger partial charge in [0.1, 0.15) is 0 Å². The lowest BCUT2D eigenvalue weighted by molar-refractivity contribution is 0.507. The Bertz CT molecular complexity index is 768. The third kappa shape index (κ3) is 3.23. The van der Waals surface area contributed by atoms with Gasteiger partial charge in [0.25, 0.3) is 0 Å². The summed E-state index contributed by atoms with van der Waals surface area (Å²) in [6, 6.07) is 9.91. The second kappa shape index (κ2) is 5.83. The average molecular weight is 386 g/mol. The van der Waals surface area contributed by atoms with Gasteiger partial charge in [-0.3, -0.25) is 0 Å². The predicted molar refractivity (Wildman–Crippen MR) is 89.3 cm³/mol. The lowest BCUT2D eigenvalue weighted by Gasteiger charge is -2.25. The van der Waals surface area contributed by atoms with E-state index in [2.05, 4.69) is 32.8 Å². The SMILES string of the molecule is Cc1sc(Br)cc1S(=O)(=O)NC1CCc2ccccc2C1. The second-order valence-corrected chi connectivity index (χ2v) is 9.62. The summed E-state index contributed by atoms with van der Waals surface area (Å²) < 4.78 is 28.7. The molecule has 1 atom stereocenters. The van der Waals surface area contributed by atoms with Crippen LogP contribution in [0.4, 0.5) is 0 Å². The fraction of sp³-hybridized carbons (Fsp3) is 0.333. The molecule has 0 saturated heterocycles. The first kappa shape index (κ1) is 15.2. The molecule has 2 aromatic rings. The van der Waals surface area contributed by atoms with E-state index in [0.717, 1.165) is 27.9 Å².